The van der Waals surface area contributed by atoms with Gasteiger partial charge in [-0.1, -0.05) is 0 Å². The molecule has 0 atom stereocenters. The molecule has 0 unspecified atom stereocenters. The summed E-state index contributed by atoms with van der Waals surface area (Å²) >= 11 is 0. The predicted molar refractivity (Wildman–Crippen MR) is 80.2 cm³/mol. The number of rotatable bonds is 6. The van der Waals surface area contributed by atoms with E-state index in [4.69, 9.17) is 9.47 Å². The summed E-state index contributed by atoms with van der Waals surface area (Å²) in [6.07, 6.45) is 2.51. The number of methoxy groups -OCH3 is 2. The molecule has 2 rings (SSSR count). The minimum absolute atomic E-state index is 0.0398. The van der Waals surface area contributed by atoms with Crippen molar-refractivity contribution in [3.05, 3.63) is 30.6 Å². The van der Waals surface area contributed by atoms with Crippen LogP contribution in [0.3, 0.4) is 0 Å². The number of aliphatic imine (C=N–C) groups is 1. The first kappa shape index (κ1) is 16.4. The number of aromatic nitrogens is 2. The summed E-state index contributed by atoms with van der Waals surface area (Å²) in [5.41, 5.74) is 0.292. The molecule has 0 spiro atoms. The molecule has 0 aliphatic heterocycles. The lowest BCUT2D eigenvalue weighted by molar-refractivity contribution is 0.342. The van der Waals surface area contributed by atoms with Gasteiger partial charge >= 0.3 is 0 Å². The van der Waals surface area contributed by atoms with E-state index in [1.165, 1.54) is 44.6 Å². The maximum absolute atomic E-state index is 12.4. The van der Waals surface area contributed by atoms with Crippen molar-refractivity contribution in [1.29, 1.82) is 0 Å². The van der Waals surface area contributed by atoms with Gasteiger partial charge in [-0.2, -0.15) is 9.98 Å². The van der Waals surface area contributed by atoms with Gasteiger partial charge in [-0.05, 0) is 24.3 Å². The van der Waals surface area contributed by atoms with Crippen LogP contribution in [0.5, 0.6) is 11.6 Å². The largest absolute Gasteiger partial charge is 0.489 e. The number of ether oxygens (including phenoxy) is 2. The van der Waals surface area contributed by atoms with E-state index in [9.17, 15) is 13.2 Å². The zero-order valence-electron chi connectivity index (χ0n) is 12.2. The van der Waals surface area contributed by atoms with Crippen molar-refractivity contribution < 1.29 is 22.7 Å². The Bertz CT molecular complexity index is 845. The Labute approximate surface area is 132 Å². The van der Waals surface area contributed by atoms with Crippen molar-refractivity contribution in [2.45, 2.75) is 4.90 Å². The number of hydrogen-bond acceptors (Lipinski definition) is 8. The molecular weight excluding hydrogens is 324 g/mol. The van der Waals surface area contributed by atoms with E-state index in [2.05, 4.69) is 19.7 Å². The van der Waals surface area contributed by atoms with Crippen molar-refractivity contribution in [1.82, 2.24) is 9.97 Å². The number of sulfonamides is 1. The van der Waals surface area contributed by atoms with Crippen molar-refractivity contribution >= 4 is 27.6 Å². The highest BCUT2D eigenvalue weighted by atomic mass is 32.2. The highest BCUT2D eigenvalue weighted by Gasteiger charge is 2.20. The zero-order valence-corrected chi connectivity index (χ0v) is 13.0. The molecule has 0 radical (unpaired) electrons. The molecule has 1 aromatic carbocycles. The number of hydrogen-bond donors (Lipinski definition) is 1. The Morgan fingerprint density at radius 2 is 1.83 bits per heavy atom. The molecule has 9 nitrogen and oxygen atoms in total. The Morgan fingerprint density at radius 1 is 1.13 bits per heavy atom. The van der Waals surface area contributed by atoms with E-state index >= 15 is 0 Å². The average molecular weight is 336 g/mol. The van der Waals surface area contributed by atoms with Gasteiger partial charge in [0.15, 0.2) is 5.82 Å². The van der Waals surface area contributed by atoms with Crippen LogP contribution in [-0.2, 0) is 14.8 Å². The van der Waals surface area contributed by atoms with Crippen LogP contribution >= 0.6 is 0 Å². The van der Waals surface area contributed by atoms with Crippen molar-refractivity contribution in [2.24, 2.45) is 4.99 Å². The van der Waals surface area contributed by atoms with E-state index in [1.807, 2.05) is 0 Å². The third-order valence-corrected chi connectivity index (χ3v) is 4.08. The van der Waals surface area contributed by atoms with E-state index in [-0.39, 0.29) is 22.3 Å². The number of benzene rings is 1. The Morgan fingerprint density at radius 3 is 2.39 bits per heavy atom. The summed E-state index contributed by atoms with van der Waals surface area (Å²) in [6, 6.07) is 5.33. The first-order valence-electron chi connectivity index (χ1n) is 6.15. The third-order valence-electron chi connectivity index (χ3n) is 2.72. The van der Waals surface area contributed by atoms with Crippen LogP contribution in [0.1, 0.15) is 0 Å². The fourth-order valence-corrected chi connectivity index (χ4v) is 2.71. The second kappa shape index (κ2) is 6.86. The molecule has 120 valence electrons. The number of carbonyl (C=O) groups excluding carboxylic acids is 1. The van der Waals surface area contributed by atoms with Gasteiger partial charge in [0.1, 0.15) is 6.33 Å². The molecule has 23 heavy (non-hydrogen) atoms. The third kappa shape index (κ3) is 3.62. The number of anilines is 1. The van der Waals surface area contributed by atoms with E-state index in [0.29, 0.717) is 5.69 Å². The predicted octanol–water partition coefficient (Wildman–Crippen LogP) is 1.26. The van der Waals surface area contributed by atoms with Crippen LogP contribution in [-0.4, -0.2) is 38.7 Å². The minimum atomic E-state index is -3.92. The molecule has 1 heterocycles. The fourth-order valence-electron chi connectivity index (χ4n) is 1.70. The van der Waals surface area contributed by atoms with Gasteiger partial charge in [0.05, 0.1) is 24.8 Å². The maximum atomic E-state index is 12.4. The number of nitrogens with one attached hydrogen (secondary N) is 1. The smallest absolute Gasteiger partial charge is 0.263 e. The summed E-state index contributed by atoms with van der Waals surface area (Å²) in [6.45, 7) is 0. The summed E-state index contributed by atoms with van der Waals surface area (Å²) in [7, 11) is -1.21. The number of isocyanates is 1. The van der Waals surface area contributed by atoms with E-state index in [1.54, 1.807) is 0 Å². The highest BCUT2D eigenvalue weighted by molar-refractivity contribution is 7.92. The van der Waals surface area contributed by atoms with Gasteiger partial charge in [-0.25, -0.2) is 18.2 Å². The van der Waals surface area contributed by atoms with Crippen LogP contribution in [0.2, 0.25) is 0 Å². The molecule has 1 N–H and O–H groups in total. The van der Waals surface area contributed by atoms with Crippen LogP contribution in [0, 0.1) is 0 Å². The lowest BCUT2D eigenvalue weighted by Gasteiger charge is -2.12. The van der Waals surface area contributed by atoms with Crippen LogP contribution in [0.15, 0.2) is 40.5 Å². The van der Waals surface area contributed by atoms with Crippen molar-refractivity contribution in [3.63, 3.8) is 0 Å². The molecule has 1 aromatic heterocycles. The number of nitrogens with zero attached hydrogens (tertiary/aromatic N) is 3. The van der Waals surface area contributed by atoms with Crippen molar-refractivity contribution in [3.8, 4) is 11.6 Å². The molecular formula is C13H12N4O5S. The molecule has 0 saturated carbocycles. The Hall–Kier alpha value is -2.97. The quantitative estimate of drug-likeness (QED) is 0.623. The standard InChI is InChI=1S/C13H12N4O5S/c1-21-11-12(14-7-15-13(11)22-2)17-23(19,20)10-5-3-9(4-6-10)16-8-18/h3-7H,1-2H3,(H,14,15,17). The van der Waals surface area contributed by atoms with Gasteiger partial charge in [0, 0.05) is 0 Å². The van der Waals surface area contributed by atoms with Crippen LogP contribution in [0.25, 0.3) is 0 Å². The minimum Gasteiger partial charge on any atom is -0.489 e. The maximum Gasteiger partial charge on any atom is 0.263 e. The second-order valence-corrected chi connectivity index (χ2v) is 5.75. The topological polar surface area (TPSA) is 120 Å². The zero-order chi connectivity index (χ0) is 16.9. The van der Waals surface area contributed by atoms with E-state index < -0.39 is 10.0 Å². The Balaban J connectivity index is 2.36. The monoisotopic (exact) mass is 336 g/mol. The molecule has 0 amide bonds. The van der Waals surface area contributed by atoms with Crippen LogP contribution < -0.4 is 14.2 Å². The molecule has 0 bridgehead atoms. The molecule has 0 saturated heterocycles. The SMILES string of the molecule is COc1ncnc(NS(=O)(=O)c2ccc(N=C=O)cc2)c1OC. The Kier molecular flexibility index (Phi) is 4.89. The first-order valence-corrected chi connectivity index (χ1v) is 7.64. The lowest BCUT2D eigenvalue weighted by atomic mass is 10.3. The summed E-state index contributed by atoms with van der Waals surface area (Å²) in [5.74, 6) is 0.0888. The first-order chi connectivity index (χ1) is 11.0. The molecule has 0 fully saturated rings. The van der Waals surface area contributed by atoms with Gasteiger partial charge in [0.2, 0.25) is 11.8 Å². The summed E-state index contributed by atoms with van der Waals surface area (Å²) < 4.78 is 37.1. The van der Waals surface area contributed by atoms with E-state index in [0.717, 1.165) is 6.33 Å². The molecule has 2 aromatic rings. The summed E-state index contributed by atoms with van der Waals surface area (Å²) in [5, 5.41) is 0. The van der Waals surface area contributed by atoms with Gasteiger partial charge in [-0.15, -0.1) is 0 Å². The normalized spacial score (nSPS) is 10.5. The van der Waals surface area contributed by atoms with Gasteiger partial charge in [0.25, 0.3) is 15.9 Å². The lowest BCUT2D eigenvalue weighted by Crippen LogP contribution is -2.15. The fraction of sp³-hybridized carbons (Fsp3) is 0.154. The molecule has 0 aliphatic rings. The van der Waals surface area contributed by atoms with Crippen molar-refractivity contribution in [2.75, 3.05) is 18.9 Å². The molecule has 0 aliphatic carbocycles. The second-order valence-electron chi connectivity index (χ2n) is 4.07. The van der Waals surface area contributed by atoms with Gasteiger partial charge in [-0.3, -0.25) is 4.72 Å². The van der Waals surface area contributed by atoms with Crippen LogP contribution in [0.4, 0.5) is 11.5 Å². The average Bonchev–Trinajstić information content (AvgIpc) is 2.55. The van der Waals surface area contributed by atoms with Gasteiger partial charge < -0.3 is 9.47 Å². The molecule has 10 heteroatoms. The summed E-state index contributed by atoms with van der Waals surface area (Å²) in [4.78, 5) is 21.2. The highest BCUT2D eigenvalue weighted by Crippen LogP contribution is 2.32.